The molecule has 1 aliphatic heterocycles. The normalized spacial score (nSPS) is 22.9. The summed E-state index contributed by atoms with van der Waals surface area (Å²) in [5, 5.41) is 0. The van der Waals surface area contributed by atoms with Gasteiger partial charge in [-0.1, -0.05) is 6.08 Å². The Hall–Kier alpha value is -0.880. The summed E-state index contributed by atoms with van der Waals surface area (Å²) in [6, 6.07) is 0. The Balaban J connectivity index is 2.03. The number of ketones is 1. The first-order valence-corrected chi connectivity index (χ1v) is 6.03. The second-order valence-electron chi connectivity index (χ2n) is 3.42. The average Bonchev–Trinajstić information content (AvgIpc) is 2.61. The molecule has 0 radical (unpaired) electrons. The first kappa shape index (κ1) is 11.6. The van der Waals surface area contributed by atoms with E-state index < -0.39 is 6.29 Å². The molecular weight excluding hydrogens is 319 g/mol. The lowest BCUT2D eigenvalue weighted by Gasteiger charge is -2.12. The van der Waals surface area contributed by atoms with E-state index in [2.05, 4.69) is 29.2 Å². The highest BCUT2D eigenvalue weighted by Crippen LogP contribution is 2.31. The summed E-state index contributed by atoms with van der Waals surface area (Å²) < 4.78 is 11.8. The molecule has 1 heterocycles. The van der Waals surface area contributed by atoms with E-state index in [-0.39, 0.29) is 5.78 Å². The van der Waals surface area contributed by atoms with E-state index in [1.165, 1.54) is 0 Å². The molecule has 0 N–H and O–H groups in total. The molecule has 0 amide bonds. The second-order valence-corrected chi connectivity index (χ2v) is 4.66. The topological polar surface area (TPSA) is 35.5 Å². The van der Waals surface area contributed by atoms with Crippen LogP contribution in [0.25, 0.3) is 0 Å². The lowest BCUT2D eigenvalue weighted by Crippen LogP contribution is -2.10. The summed E-state index contributed by atoms with van der Waals surface area (Å²) in [4.78, 5) is 11.6. The van der Waals surface area contributed by atoms with Crippen molar-refractivity contribution in [1.29, 1.82) is 0 Å². The van der Waals surface area contributed by atoms with Gasteiger partial charge in [0.05, 0.1) is 12.2 Å². The van der Waals surface area contributed by atoms with Crippen molar-refractivity contribution in [3.8, 4) is 0 Å². The third-order valence-corrected chi connectivity index (χ3v) is 2.84. The van der Waals surface area contributed by atoms with Gasteiger partial charge >= 0.3 is 0 Å². The van der Waals surface area contributed by atoms with Crippen LogP contribution in [0.3, 0.4) is 0 Å². The van der Waals surface area contributed by atoms with Gasteiger partial charge in [-0.3, -0.25) is 4.79 Å². The zero-order valence-corrected chi connectivity index (χ0v) is 10.8. The minimum atomic E-state index is -0.444. The summed E-state index contributed by atoms with van der Waals surface area (Å²) in [7, 11) is 0. The highest BCUT2D eigenvalue weighted by atomic mass is 127. The Bertz CT molecular complexity index is 418. The van der Waals surface area contributed by atoms with Gasteiger partial charge in [-0.25, -0.2) is 0 Å². The van der Waals surface area contributed by atoms with Gasteiger partial charge in [0.15, 0.2) is 5.78 Å². The molecule has 0 aromatic rings. The van der Waals surface area contributed by atoms with E-state index in [4.69, 9.17) is 9.47 Å². The first-order chi connectivity index (χ1) is 7.70. The molecule has 16 heavy (non-hydrogen) atoms. The summed E-state index contributed by atoms with van der Waals surface area (Å²) in [5.74, 6) is 0.595. The summed E-state index contributed by atoms with van der Waals surface area (Å²) >= 11 is 2.09. The number of hydrogen-bond acceptors (Lipinski definition) is 3. The van der Waals surface area contributed by atoms with Crippen molar-refractivity contribution in [2.45, 2.75) is 12.7 Å². The van der Waals surface area contributed by atoms with Crippen LogP contribution < -0.4 is 0 Å². The molecule has 1 aliphatic carbocycles. The average molecular weight is 330 g/mol. The molecule has 3 nitrogen and oxygen atoms in total. The minimum Gasteiger partial charge on any atom is -0.460 e. The maximum absolute atomic E-state index is 11.6. The fourth-order valence-electron chi connectivity index (χ4n) is 1.48. The van der Waals surface area contributed by atoms with Crippen molar-refractivity contribution < 1.29 is 14.3 Å². The SMILES string of the molecule is C=CCCOC1C=C2C(=O)C=C(I)C=C2O1. The molecule has 0 spiro atoms. The standard InChI is InChI=1S/C12H11IO3/c1-2-3-4-15-12-7-9-10(14)5-8(13)6-11(9)16-12/h2,5-7,12H,1,3-4H2. The molecule has 0 saturated heterocycles. The van der Waals surface area contributed by atoms with Crippen LogP contribution in [-0.2, 0) is 14.3 Å². The van der Waals surface area contributed by atoms with Crippen molar-refractivity contribution in [2.24, 2.45) is 0 Å². The van der Waals surface area contributed by atoms with Crippen LogP contribution >= 0.6 is 22.6 Å². The van der Waals surface area contributed by atoms with E-state index in [1.54, 1.807) is 18.2 Å². The van der Waals surface area contributed by atoms with E-state index in [1.807, 2.05) is 6.08 Å². The molecule has 2 aliphatic rings. The number of fused-ring (bicyclic) bond motifs is 1. The minimum absolute atomic E-state index is 0.0169. The van der Waals surface area contributed by atoms with Gasteiger partial charge < -0.3 is 9.47 Å². The van der Waals surface area contributed by atoms with Gasteiger partial charge in [-0.2, -0.15) is 0 Å². The van der Waals surface area contributed by atoms with Gasteiger partial charge in [0.2, 0.25) is 6.29 Å². The van der Waals surface area contributed by atoms with Crippen molar-refractivity contribution >= 4 is 28.4 Å². The van der Waals surface area contributed by atoms with Crippen molar-refractivity contribution in [3.63, 3.8) is 0 Å². The van der Waals surface area contributed by atoms with Gasteiger partial charge in [0, 0.05) is 3.58 Å². The summed E-state index contributed by atoms with van der Waals surface area (Å²) in [6.45, 7) is 4.15. The van der Waals surface area contributed by atoms with E-state index >= 15 is 0 Å². The molecule has 0 saturated carbocycles. The molecule has 0 aromatic carbocycles. The van der Waals surface area contributed by atoms with Crippen LogP contribution in [0.15, 0.2) is 45.8 Å². The van der Waals surface area contributed by atoms with E-state index in [9.17, 15) is 4.79 Å². The third-order valence-electron chi connectivity index (χ3n) is 2.22. The number of allylic oxidation sites excluding steroid dienone is 4. The van der Waals surface area contributed by atoms with Gasteiger partial charge in [0.1, 0.15) is 5.76 Å². The maximum Gasteiger partial charge on any atom is 0.220 e. The Morgan fingerprint density at radius 2 is 2.38 bits per heavy atom. The van der Waals surface area contributed by atoms with Crippen LogP contribution in [0.2, 0.25) is 0 Å². The fraction of sp³-hybridized carbons (Fsp3) is 0.250. The number of halogens is 1. The molecule has 2 rings (SSSR count). The molecular formula is C12H11IO3. The summed E-state index contributed by atoms with van der Waals surface area (Å²) in [6.07, 6.45) is 7.25. The van der Waals surface area contributed by atoms with Crippen LogP contribution in [0.4, 0.5) is 0 Å². The fourth-order valence-corrected chi connectivity index (χ4v) is 2.04. The van der Waals surface area contributed by atoms with Gasteiger partial charge in [-0.15, -0.1) is 6.58 Å². The largest absolute Gasteiger partial charge is 0.460 e. The number of ether oxygens (including phenoxy) is 2. The zero-order valence-electron chi connectivity index (χ0n) is 8.61. The maximum atomic E-state index is 11.6. The Kier molecular flexibility index (Phi) is 3.60. The van der Waals surface area contributed by atoms with Crippen LogP contribution in [0, 0.1) is 0 Å². The van der Waals surface area contributed by atoms with E-state index in [0.717, 1.165) is 10.0 Å². The molecule has 1 unspecified atom stereocenters. The quantitative estimate of drug-likeness (QED) is 0.452. The molecule has 1 atom stereocenters. The lowest BCUT2D eigenvalue weighted by atomic mass is 10.1. The molecule has 4 heteroatoms. The Morgan fingerprint density at radius 1 is 1.56 bits per heavy atom. The summed E-state index contributed by atoms with van der Waals surface area (Å²) in [5.41, 5.74) is 0.601. The van der Waals surface area contributed by atoms with Gasteiger partial charge in [-0.05, 0) is 47.2 Å². The highest BCUT2D eigenvalue weighted by molar-refractivity contribution is 14.1. The zero-order chi connectivity index (χ0) is 11.5. The third kappa shape index (κ3) is 2.44. The number of carbonyl (C=O) groups excluding carboxylic acids is 1. The number of hydrogen-bond donors (Lipinski definition) is 0. The van der Waals surface area contributed by atoms with Crippen LogP contribution in [-0.4, -0.2) is 18.7 Å². The van der Waals surface area contributed by atoms with Crippen LogP contribution in [0.1, 0.15) is 6.42 Å². The number of rotatable bonds is 4. The monoisotopic (exact) mass is 330 g/mol. The van der Waals surface area contributed by atoms with Crippen molar-refractivity contribution in [3.05, 3.63) is 45.8 Å². The predicted molar refractivity (Wildman–Crippen MR) is 68.9 cm³/mol. The molecule has 0 aromatic heterocycles. The lowest BCUT2D eigenvalue weighted by molar-refractivity contribution is -0.111. The molecule has 84 valence electrons. The predicted octanol–water partition coefficient (Wildman–Crippen LogP) is 2.65. The Morgan fingerprint density at radius 3 is 3.12 bits per heavy atom. The smallest absolute Gasteiger partial charge is 0.220 e. The second kappa shape index (κ2) is 4.97. The van der Waals surface area contributed by atoms with E-state index in [0.29, 0.717) is 17.9 Å². The molecule has 0 fully saturated rings. The van der Waals surface area contributed by atoms with Crippen molar-refractivity contribution in [2.75, 3.05) is 6.61 Å². The number of carbonyl (C=O) groups is 1. The van der Waals surface area contributed by atoms with Crippen LogP contribution in [0.5, 0.6) is 0 Å². The molecule has 0 bridgehead atoms. The first-order valence-electron chi connectivity index (χ1n) is 4.95. The van der Waals surface area contributed by atoms with Gasteiger partial charge in [0.25, 0.3) is 0 Å². The highest BCUT2D eigenvalue weighted by Gasteiger charge is 2.28. The Labute approximate surface area is 108 Å². The van der Waals surface area contributed by atoms with Crippen molar-refractivity contribution in [1.82, 2.24) is 0 Å².